The molecule has 0 saturated carbocycles. The van der Waals surface area contributed by atoms with Crippen LogP contribution < -0.4 is 0 Å². The van der Waals surface area contributed by atoms with Gasteiger partial charge in [-0.1, -0.05) is 49.4 Å². The van der Waals surface area contributed by atoms with E-state index in [1.807, 2.05) is 18.2 Å². The van der Waals surface area contributed by atoms with Crippen LogP contribution in [0.15, 0.2) is 48.6 Å². The van der Waals surface area contributed by atoms with Gasteiger partial charge in [0.1, 0.15) is 5.75 Å². The lowest BCUT2D eigenvalue weighted by atomic mass is 9.73. The zero-order valence-corrected chi connectivity index (χ0v) is 8.98. The predicted molar refractivity (Wildman–Crippen MR) is 63.0 cm³/mol. The summed E-state index contributed by atoms with van der Waals surface area (Å²) in [6, 6.07) is 7.63. The molecule has 0 aromatic heterocycles. The van der Waals surface area contributed by atoms with Gasteiger partial charge in [0.15, 0.2) is 0 Å². The van der Waals surface area contributed by atoms with Gasteiger partial charge in [-0.25, -0.2) is 0 Å². The molecular formula is C14H16O. The van der Waals surface area contributed by atoms with Crippen LogP contribution >= 0.6 is 0 Å². The van der Waals surface area contributed by atoms with Gasteiger partial charge in [0, 0.05) is 11.0 Å². The largest absolute Gasteiger partial charge is 0.508 e. The molecule has 0 heterocycles. The first-order valence-electron chi connectivity index (χ1n) is 5.41. The van der Waals surface area contributed by atoms with Gasteiger partial charge in [0.2, 0.25) is 0 Å². The summed E-state index contributed by atoms with van der Waals surface area (Å²) in [7, 11) is 0. The van der Waals surface area contributed by atoms with Crippen LogP contribution in [0, 0.1) is 0 Å². The Balaban J connectivity index is 2.47. The second-order valence-electron chi connectivity index (χ2n) is 4.02. The number of aromatic hydroxyl groups is 1. The maximum Gasteiger partial charge on any atom is 0.119 e. The van der Waals surface area contributed by atoms with Gasteiger partial charge in [-0.3, -0.25) is 0 Å². The Labute approximate surface area is 90.8 Å². The highest BCUT2D eigenvalue weighted by molar-refractivity contribution is 5.44. The van der Waals surface area contributed by atoms with Crippen molar-refractivity contribution in [2.24, 2.45) is 0 Å². The van der Waals surface area contributed by atoms with Crippen LogP contribution in [-0.2, 0) is 5.41 Å². The van der Waals surface area contributed by atoms with Gasteiger partial charge in [-0.15, -0.1) is 0 Å². The third-order valence-corrected chi connectivity index (χ3v) is 3.22. The van der Waals surface area contributed by atoms with Crippen molar-refractivity contribution in [3.63, 3.8) is 0 Å². The second kappa shape index (κ2) is 3.93. The molecule has 1 N–H and O–H groups in total. The summed E-state index contributed by atoms with van der Waals surface area (Å²) in [6.45, 7) is 2.16. The Hall–Kier alpha value is -1.50. The highest BCUT2D eigenvalue weighted by atomic mass is 16.3. The van der Waals surface area contributed by atoms with Crippen molar-refractivity contribution in [1.29, 1.82) is 0 Å². The molecule has 1 aromatic carbocycles. The van der Waals surface area contributed by atoms with Crippen LogP contribution in [0.4, 0.5) is 0 Å². The van der Waals surface area contributed by atoms with Crippen molar-refractivity contribution in [1.82, 2.24) is 0 Å². The lowest BCUT2D eigenvalue weighted by molar-refractivity contribution is 0.434. The van der Waals surface area contributed by atoms with Gasteiger partial charge >= 0.3 is 0 Å². The standard InChI is InChI=1S/C14H16O/c1-2-14(10-6-3-7-11-14)12-8-4-5-9-13(12)15/h3-10,15H,2,11H2,1H3. The lowest BCUT2D eigenvalue weighted by Gasteiger charge is -2.31. The van der Waals surface area contributed by atoms with Gasteiger partial charge in [0.05, 0.1) is 0 Å². The van der Waals surface area contributed by atoms with E-state index in [0.717, 1.165) is 18.4 Å². The number of benzene rings is 1. The number of phenols is 1. The Morgan fingerprint density at radius 1 is 1.27 bits per heavy atom. The molecular weight excluding hydrogens is 184 g/mol. The first-order chi connectivity index (χ1) is 7.28. The lowest BCUT2D eigenvalue weighted by Crippen LogP contribution is -2.23. The fourth-order valence-corrected chi connectivity index (χ4v) is 2.21. The van der Waals surface area contributed by atoms with E-state index in [1.165, 1.54) is 0 Å². The Morgan fingerprint density at radius 3 is 2.67 bits per heavy atom. The number of phenolic OH excluding ortho intramolecular Hbond substituents is 1. The summed E-state index contributed by atoms with van der Waals surface area (Å²) in [5.41, 5.74) is 1.02. The van der Waals surface area contributed by atoms with E-state index < -0.39 is 0 Å². The predicted octanol–water partition coefficient (Wildman–Crippen LogP) is 3.56. The third-order valence-electron chi connectivity index (χ3n) is 3.22. The van der Waals surface area contributed by atoms with Crippen molar-refractivity contribution in [3.8, 4) is 5.75 Å². The van der Waals surface area contributed by atoms with Gasteiger partial charge in [-0.05, 0) is 18.9 Å². The van der Waals surface area contributed by atoms with Crippen molar-refractivity contribution < 1.29 is 5.11 Å². The molecule has 1 nitrogen and oxygen atoms in total. The number of hydrogen-bond donors (Lipinski definition) is 1. The van der Waals surface area contributed by atoms with Gasteiger partial charge in [0.25, 0.3) is 0 Å². The molecule has 1 unspecified atom stereocenters. The summed E-state index contributed by atoms with van der Waals surface area (Å²) in [5.74, 6) is 0.402. The maximum atomic E-state index is 9.90. The van der Waals surface area contributed by atoms with Crippen LogP contribution in [0.3, 0.4) is 0 Å². The van der Waals surface area contributed by atoms with Crippen molar-refractivity contribution in [2.45, 2.75) is 25.2 Å². The monoisotopic (exact) mass is 200 g/mol. The smallest absolute Gasteiger partial charge is 0.119 e. The Bertz CT molecular complexity index is 404. The van der Waals surface area contributed by atoms with Crippen molar-refractivity contribution >= 4 is 0 Å². The summed E-state index contributed by atoms with van der Waals surface area (Å²) in [6.07, 6.45) is 10.5. The number of para-hydroxylation sites is 1. The minimum atomic E-state index is -0.0138. The van der Waals surface area contributed by atoms with Crippen LogP contribution in [-0.4, -0.2) is 5.11 Å². The zero-order valence-electron chi connectivity index (χ0n) is 8.98. The number of hydrogen-bond acceptors (Lipinski definition) is 1. The third kappa shape index (κ3) is 1.70. The maximum absolute atomic E-state index is 9.90. The summed E-state index contributed by atoms with van der Waals surface area (Å²) in [5, 5.41) is 9.90. The zero-order chi connectivity index (χ0) is 10.7. The molecule has 1 aliphatic rings. The molecule has 0 bridgehead atoms. The Morgan fingerprint density at radius 2 is 2.07 bits per heavy atom. The quantitative estimate of drug-likeness (QED) is 0.774. The van der Waals surface area contributed by atoms with Crippen molar-refractivity contribution in [2.75, 3.05) is 0 Å². The van der Waals surface area contributed by atoms with Crippen molar-refractivity contribution in [3.05, 3.63) is 54.1 Å². The highest BCUT2D eigenvalue weighted by Crippen LogP contribution is 2.39. The molecule has 0 spiro atoms. The SMILES string of the molecule is CCC1(c2ccccc2O)C=CC=CC1. The second-order valence-corrected chi connectivity index (χ2v) is 4.02. The minimum absolute atomic E-state index is 0.0138. The van der Waals surface area contributed by atoms with E-state index in [9.17, 15) is 5.11 Å². The van der Waals surface area contributed by atoms with E-state index in [0.29, 0.717) is 5.75 Å². The summed E-state index contributed by atoms with van der Waals surface area (Å²) >= 11 is 0. The molecule has 1 atom stereocenters. The van der Waals surface area contributed by atoms with Crippen LogP contribution in [0.5, 0.6) is 5.75 Å². The Kier molecular flexibility index (Phi) is 2.63. The van der Waals surface area contributed by atoms with Crippen LogP contribution in [0.25, 0.3) is 0 Å². The molecule has 2 rings (SSSR count). The summed E-state index contributed by atoms with van der Waals surface area (Å²) < 4.78 is 0. The molecule has 15 heavy (non-hydrogen) atoms. The highest BCUT2D eigenvalue weighted by Gasteiger charge is 2.29. The van der Waals surface area contributed by atoms with E-state index in [4.69, 9.17) is 0 Å². The molecule has 0 saturated heterocycles. The molecule has 0 radical (unpaired) electrons. The minimum Gasteiger partial charge on any atom is -0.508 e. The topological polar surface area (TPSA) is 20.2 Å². The van der Waals surface area contributed by atoms with Gasteiger partial charge < -0.3 is 5.11 Å². The molecule has 0 amide bonds. The molecule has 1 heteroatoms. The number of allylic oxidation sites excluding steroid dienone is 4. The first-order valence-corrected chi connectivity index (χ1v) is 5.41. The first kappa shape index (κ1) is 10.0. The molecule has 0 aliphatic heterocycles. The molecule has 0 fully saturated rings. The summed E-state index contributed by atoms with van der Waals surface area (Å²) in [4.78, 5) is 0. The molecule has 78 valence electrons. The van der Waals surface area contributed by atoms with Gasteiger partial charge in [-0.2, -0.15) is 0 Å². The van der Waals surface area contributed by atoms with Crippen LogP contribution in [0.2, 0.25) is 0 Å². The van der Waals surface area contributed by atoms with E-state index in [-0.39, 0.29) is 5.41 Å². The normalized spacial score (nSPS) is 24.3. The number of rotatable bonds is 2. The molecule has 1 aliphatic carbocycles. The van der Waals surface area contributed by atoms with E-state index >= 15 is 0 Å². The van der Waals surface area contributed by atoms with E-state index in [1.54, 1.807) is 6.07 Å². The van der Waals surface area contributed by atoms with E-state index in [2.05, 4.69) is 31.2 Å². The fraction of sp³-hybridized carbons (Fsp3) is 0.286. The fourth-order valence-electron chi connectivity index (χ4n) is 2.21. The average Bonchev–Trinajstić information content (AvgIpc) is 2.30. The van der Waals surface area contributed by atoms with Crippen LogP contribution in [0.1, 0.15) is 25.3 Å². The molecule has 1 aromatic rings. The average molecular weight is 200 g/mol.